The maximum absolute atomic E-state index is 12.6. The minimum atomic E-state index is -4.15. The number of rotatable bonds is 6. The summed E-state index contributed by atoms with van der Waals surface area (Å²) < 4.78 is 53.6. The summed E-state index contributed by atoms with van der Waals surface area (Å²) in [6.07, 6.45) is -3.74. The molecule has 1 rings (SSSR count). The molecule has 0 unspecified atom stereocenters. The third kappa shape index (κ3) is 4.20. The van der Waals surface area contributed by atoms with Crippen molar-refractivity contribution in [3.8, 4) is 0 Å². The highest BCUT2D eigenvalue weighted by atomic mass is 19.3. The molecule has 0 saturated carbocycles. The average molecular weight is 278 g/mol. The second kappa shape index (κ2) is 6.01. The molecule has 0 amide bonds. The number of amidine groups is 1. The fourth-order valence-corrected chi connectivity index (χ4v) is 1.39. The summed E-state index contributed by atoms with van der Waals surface area (Å²) in [5.74, 6) is -4.26. The zero-order valence-corrected chi connectivity index (χ0v) is 10.2. The number of nitrogens with one attached hydrogen (secondary N) is 1. The minimum Gasteiger partial charge on any atom is -0.384 e. The van der Waals surface area contributed by atoms with Crippen LogP contribution in [-0.4, -0.2) is 24.8 Å². The fraction of sp³-hybridized carbons (Fsp3) is 0.417. The largest absolute Gasteiger partial charge is 0.384 e. The zero-order chi connectivity index (χ0) is 14.6. The van der Waals surface area contributed by atoms with E-state index in [1.165, 1.54) is 0 Å². The molecule has 0 spiro atoms. The van der Waals surface area contributed by atoms with Crippen LogP contribution >= 0.6 is 0 Å². The summed E-state index contributed by atoms with van der Waals surface area (Å²) in [5.41, 5.74) is 7.06. The average Bonchev–Trinajstić information content (AvgIpc) is 2.30. The molecule has 0 bridgehead atoms. The number of hydrogen-bond donors (Lipinski definition) is 2. The van der Waals surface area contributed by atoms with Crippen LogP contribution in [0.3, 0.4) is 0 Å². The zero-order valence-electron chi connectivity index (χ0n) is 10.2. The molecule has 0 atom stereocenters. The van der Waals surface area contributed by atoms with Crippen LogP contribution in [0.25, 0.3) is 0 Å². The molecule has 19 heavy (non-hydrogen) atoms. The van der Waals surface area contributed by atoms with Gasteiger partial charge in [-0.3, -0.25) is 5.41 Å². The van der Waals surface area contributed by atoms with Crippen molar-refractivity contribution in [1.29, 1.82) is 5.41 Å². The van der Waals surface area contributed by atoms with Crippen LogP contribution in [0.5, 0.6) is 0 Å². The minimum absolute atomic E-state index is 0.111. The SMILES string of the molecule is Cc1cc(C(=N)N)ccc1COCC(F)(F)C(F)F. The number of halogens is 4. The van der Waals surface area contributed by atoms with Gasteiger partial charge in [-0.05, 0) is 24.1 Å². The van der Waals surface area contributed by atoms with Crippen LogP contribution < -0.4 is 5.73 Å². The van der Waals surface area contributed by atoms with E-state index >= 15 is 0 Å². The van der Waals surface area contributed by atoms with E-state index in [1.54, 1.807) is 25.1 Å². The molecular weight excluding hydrogens is 264 g/mol. The van der Waals surface area contributed by atoms with Crippen LogP contribution in [0.4, 0.5) is 17.6 Å². The lowest BCUT2D eigenvalue weighted by molar-refractivity contribution is -0.168. The first kappa shape index (κ1) is 15.4. The first-order valence-corrected chi connectivity index (χ1v) is 5.41. The second-order valence-electron chi connectivity index (χ2n) is 4.11. The number of benzene rings is 1. The topological polar surface area (TPSA) is 59.1 Å². The van der Waals surface area contributed by atoms with E-state index in [0.717, 1.165) is 0 Å². The van der Waals surface area contributed by atoms with Crippen molar-refractivity contribution < 1.29 is 22.3 Å². The molecule has 0 aliphatic carbocycles. The first-order chi connectivity index (χ1) is 8.74. The molecule has 0 aromatic heterocycles. The molecule has 0 radical (unpaired) electrons. The van der Waals surface area contributed by atoms with Gasteiger partial charge in [0.2, 0.25) is 0 Å². The molecule has 0 aliphatic rings. The third-order valence-corrected chi connectivity index (χ3v) is 2.52. The fourth-order valence-electron chi connectivity index (χ4n) is 1.39. The molecule has 1 aromatic rings. The number of alkyl halides is 4. The highest BCUT2D eigenvalue weighted by molar-refractivity contribution is 5.95. The second-order valence-corrected chi connectivity index (χ2v) is 4.11. The van der Waals surface area contributed by atoms with Crippen molar-refractivity contribution in [3.63, 3.8) is 0 Å². The standard InChI is InChI=1S/C12H14F4N2O/c1-7-4-8(10(17)18)2-3-9(7)5-19-6-12(15,16)11(13)14/h2-4,11H,5-6H2,1H3,(H3,17,18). The lowest BCUT2D eigenvalue weighted by atomic mass is 10.1. The van der Waals surface area contributed by atoms with Crippen LogP contribution in [0, 0.1) is 12.3 Å². The quantitative estimate of drug-likeness (QED) is 0.477. The molecule has 0 heterocycles. The Kier molecular flexibility index (Phi) is 4.88. The Hall–Kier alpha value is -1.63. The van der Waals surface area contributed by atoms with Gasteiger partial charge in [0.15, 0.2) is 0 Å². The lowest BCUT2D eigenvalue weighted by Crippen LogP contribution is -2.32. The normalized spacial score (nSPS) is 11.9. The van der Waals surface area contributed by atoms with E-state index in [1.807, 2.05) is 0 Å². The van der Waals surface area contributed by atoms with Crippen molar-refractivity contribution in [2.75, 3.05) is 6.61 Å². The van der Waals surface area contributed by atoms with Crippen molar-refractivity contribution in [2.24, 2.45) is 5.73 Å². The van der Waals surface area contributed by atoms with Gasteiger partial charge in [0.25, 0.3) is 0 Å². The Balaban J connectivity index is 2.62. The van der Waals surface area contributed by atoms with Gasteiger partial charge >= 0.3 is 12.3 Å². The summed E-state index contributed by atoms with van der Waals surface area (Å²) in [7, 11) is 0. The number of nitrogen functional groups attached to an aromatic ring is 1. The van der Waals surface area contributed by atoms with Gasteiger partial charge in [-0.1, -0.05) is 12.1 Å². The molecule has 0 fully saturated rings. The van der Waals surface area contributed by atoms with E-state index in [-0.39, 0.29) is 12.4 Å². The molecule has 3 nitrogen and oxygen atoms in total. The molecule has 1 aromatic carbocycles. The van der Waals surface area contributed by atoms with E-state index in [4.69, 9.17) is 11.1 Å². The molecule has 0 saturated heterocycles. The van der Waals surface area contributed by atoms with Gasteiger partial charge in [-0.2, -0.15) is 8.78 Å². The summed E-state index contributed by atoms with van der Waals surface area (Å²) >= 11 is 0. The van der Waals surface area contributed by atoms with Crippen molar-refractivity contribution in [1.82, 2.24) is 0 Å². The number of aryl methyl sites for hydroxylation is 1. The summed E-state index contributed by atoms with van der Waals surface area (Å²) in [6.45, 7) is 0.154. The Morgan fingerprint density at radius 2 is 2.05 bits per heavy atom. The molecular formula is C12H14F4N2O. The van der Waals surface area contributed by atoms with E-state index in [0.29, 0.717) is 16.7 Å². The number of ether oxygens (including phenoxy) is 1. The summed E-state index contributed by atoms with van der Waals surface area (Å²) in [5, 5.41) is 7.23. The van der Waals surface area contributed by atoms with Gasteiger partial charge in [-0.25, -0.2) is 8.78 Å². The summed E-state index contributed by atoms with van der Waals surface area (Å²) in [4.78, 5) is 0. The number of nitrogens with two attached hydrogens (primary N) is 1. The predicted octanol–water partition coefficient (Wildman–Crippen LogP) is 2.70. The van der Waals surface area contributed by atoms with Crippen LogP contribution in [0.1, 0.15) is 16.7 Å². The summed E-state index contributed by atoms with van der Waals surface area (Å²) in [6, 6.07) is 4.71. The van der Waals surface area contributed by atoms with Crippen molar-refractivity contribution >= 4 is 5.84 Å². The van der Waals surface area contributed by atoms with Gasteiger partial charge in [-0.15, -0.1) is 0 Å². The van der Waals surface area contributed by atoms with E-state index < -0.39 is 19.0 Å². The van der Waals surface area contributed by atoms with Gasteiger partial charge in [0.05, 0.1) is 6.61 Å². The molecule has 0 aliphatic heterocycles. The highest BCUT2D eigenvalue weighted by Gasteiger charge is 2.40. The molecule has 106 valence electrons. The van der Waals surface area contributed by atoms with Crippen LogP contribution in [-0.2, 0) is 11.3 Å². The highest BCUT2D eigenvalue weighted by Crippen LogP contribution is 2.23. The van der Waals surface area contributed by atoms with E-state index in [2.05, 4.69) is 4.74 Å². The first-order valence-electron chi connectivity index (χ1n) is 5.41. The third-order valence-electron chi connectivity index (χ3n) is 2.52. The number of hydrogen-bond acceptors (Lipinski definition) is 2. The van der Waals surface area contributed by atoms with Gasteiger partial charge in [0.1, 0.15) is 12.4 Å². The molecule has 3 N–H and O–H groups in total. The Morgan fingerprint density at radius 3 is 2.53 bits per heavy atom. The van der Waals surface area contributed by atoms with Crippen LogP contribution in [0.2, 0.25) is 0 Å². The Labute approximate surface area is 107 Å². The predicted molar refractivity (Wildman–Crippen MR) is 62.8 cm³/mol. The lowest BCUT2D eigenvalue weighted by Gasteiger charge is -2.16. The van der Waals surface area contributed by atoms with Gasteiger partial charge in [0, 0.05) is 5.56 Å². The monoisotopic (exact) mass is 278 g/mol. The molecule has 7 heteroatoms. The van der Waals surface area contributed by atoms with Crippen molar-refractivity contribution in [2.45, 2.75) is 25.9 Å². The maximum atomic E-state index is 12.6. The Bertz CT molecular complexity index is 463. The van der Waals surface area contributed by atoms with Gasteiger partial charge < -0.3 is 10.5 Å². The van der Waals surface area contributed by atoms with Crippen LogP contribution in [0.15, 0.2) is 18.2 Å². The maximum Gasteiger partial charge on any atom is 0.330 e. The van der Waals surface area contributed by atoms with Crippen molar-refractivity contribution in [3.05, 3.63) is 34.9 Å². The van der Waals surface area contributed by atoms with E-state index in [9.17, 15) is 17.6 Å². The Morgan fingerprint density at radius 1 is 1.42 bits per heavy atom. The smallest absolute Gasteiger partial charge is 0.330 e.